The summed E-state index contributed by atoms with van der Waals surface area (Å²) in [6.45, 7) is 2.94. The fourth-order valence-electron chi connectivity index (χ4n) is 2.21. The van der Waals surface area contributed by atoms with E-state index in [1.54, 1.807) is 0 Å². The lowest BCUT2D eigenvalue weighted by Crippen LogP contribution is -2.33. The maximum atomic E-state index is 12.1. The van der Waals surface area contributed by atoms with Crippen molar-refractivity contribution < 1.29 is 8.42 Å². The van der Waals surface area contributed by atoms with Gasteiger partial charge in [-0.05, 0) is 30.2 Å². The fraction of sp³-hybridized carbons (Fsp3) is 0.294. The fourth-order valence-corrected chi connectivity index (χ4v) is 3.45. The molecule has 0 amide bonds. The summed E-state index contributed by atoms with van der Waals surface area (Å²) in [5, 5.41) is 0. The predicted octanol–water partition coefficient (Wildman–Crippen LogP) is 2.55. The third-order valence-electron chi connectivity index (χ3n) is 3.57. The van der Waals surface area contributed by atoms with Crippen LogP contribution in [0.3, 0.4) is 0 Å². The summed E-state index contributed by atoms with van der Waals surface area (Å²) in [7, 11) is -1.36. The van der Waals surface area contributed by atoms with Gasteiger partial charge in [0.25, 0.3) is 0 Å². The zero-order chi connectivity index (χ0) is 16.0. The van der Waals surface area contributed by atoms with E-state index in [-0.39, 0.29) is 5.75 Å². The molecule has 0 heterocycles. The van der Waals surface area contributed by atoms with E-state index in [2.05, 4.69) is 4.72 Å². The van der Waals surface area contributed by atoms with Crippen LogP contribution >= 0.6 is 0 Å². The SMILES string of the molecule is Cc1ccccc1CS(=O)(=O)NCCN(C)c1ccccc1. The number of sulfonamides is 1. The number of nitrogens with zero attached hydrogens (tertiary/aromatic N) is 1. The van der Waals surface area contributed by atoms with Crippen LogP contribution in [-0.4, -0.2) is 28.6 Å². The van der Waals surface area contributed by atoms with E-state index in [0.717, 1.165) is 16.8 Å². The van der Waals surface area contributed by atoms with E-state index in [1.165, 1.54) is 0 Å². The van der Waals surface area contributed by atoms with Gasteiger partial charge >= 0.3 is 0 Å². The molecule has 0 bridgehead atoms. The van der Waals surface area contributed by atoms with E-state index >= 15 is 0 Å². The van der Waals surface area contributed by atoms with Gasteiger partial charge in [0.2, 0.25) is 10.0 Å². The number of aryl methyl sites for hydroxylation is 1. The van der Waals surface area contributed by atoms with E-state index in [4.69, 9.17) is 0 Å². The molecule has 2 aromatic rings. The van der Waals surface area contributed by atoms with Crippen molar-refractivity contribution in [3.8, 4) is 0 Å². The number of anilines is 1. The monoisotopic (exact) mass is 318 g/mol. The Morgan fingerprint density at radius 1 is 1.00 bits per heavy atom. The van der Waals surface area contributed by atoms with Crippen LogP contribution in [0, 0.1) is 6.92 Å². The van der Waals surface area contributed by atoms with Crippen LogP contribution in [0.25, 0.3) is 0 Å². The van der Waals surface area contributed by atoms with Crippen LogP contribution in [0.5, 0.6) is 0 Å². The molecule has 0 spiro atoms. The molecule has 0 aliphatic carbocycles. The van der Waals surface area contributed by atoms with Crippen LogP contribution in [0.1, 0.15) is 11.1 Å². The Kier molecular flexibility index (Phi) is 5.57. The van der Waals surface area contributed by atoms with Crippen LogP contribution in [-0.2, 0) is 15.8 Å². The minimum atomic E-state index is -3.31. The number of benzene rings is 2. The van der Waals surface area contributed by atoms with E-state index in [9.17, 15) is 8.42 Å². The summed E-state index contributed by atoms with van der Waals surface area (Å²) in [5.41, 5.74) is 2.90. The van der Waals surface area contributed by atoms with E-state index in [1.807, 2.05) is 73.5 Å². The topological polar surface area (TPSA) is 49.4 Å². The van der Waals surface area contributed by atoms with Crippen molar-refractivity contribution in [2.45, 2.75) is 12.7 Å². The van der Waals surface area contributed by atoms with Gasteiger partial charge in [-0.15, -0.1) is 0 Å². The largest absolute Gasteiger partial charge is 0.373 e. The van der Waals surface area contributed by atoms with Gasteiger partial charge in [-0.3, -0.25) is 0 Å². The highest BCUT2D eigenvalue weighted by Crippen LogP contribution is 2.11. The summed E-state index contributed by atoms with van der Waals surface area (Å²) >= 11 is 0. The van der Waals surface area contributed by atoms with Gasteiger partial charge in [0.1, 0.15) is 0 Å². The summed E-state index contributed by atoms with van der Waals surface area (Å²) in [6, 6.07) is 17.4. The number of para-hydroxylation sites is 1. The number of hydrogen-bond donors (Lipinski definition) is 1. The Hall–Kier alpha value is -1.85. The van der Waals surface area contributed by atoms with Crippen molar-refractivity contribution in [2.75, 3.05) is 25.0 Å². The second-order valence-electron chi connectivity index (χ2n) is 5.34. The van der Waals surface area contributed by atoms with Crippen molar-refractivity contribution in [3.63, 3.8) is 0 Å². The van der Waals surface area contributed by atoms with Crippen molar-refractivity contribution in [1.29, 1.82) is 0 Å². The van der Waals surface area contributed by atoms with Crippen LogP contribution in [0.2, 0.25) is 0 Å². The van der Waals surface area contributed by atoms with Crippen LogP contribution < -0.4 is 9.62 Å². The molecule has 2 rings (SSSR count). The molecule has 0 aliphatic heterocycles. The molecule has 5 heteroatoms. The van der Waals surface area contributed by atoms with Gasteiger partial charge in [-0.1, -0.05) is 42.5 Å². The van der Waals surface area contributed by atoms with Crippen molar-refractivity contribution in [3.05, 3.63) is 65.7 Å². The molecule has 4 nitrogen and oxygen atoms in total. The van der Waals surface area contributed by atoms with E-state index in [0.29, 0.717) is 13.1 Å². The average Bonchev–Trinajstić information content (AvgIpc) is 2.50. The normalized spacial score (nSPS) is 11.4. The highest BCUT2D eigenvalue weighted by Gasteiger charge is 2.12. The Bertz CT molecular complexity index is 700. The summed E-state index contributed by atoms with van der Waals surface area (Å²) < 4.78 is 26.9. The number of rotatable bonds is 7. The Morgan fingerprint density at radius 2 is 1.64 bits per heavy atom. The van der Waals surface area contributed by atoms with Gasteiger partial charge < -0.3 is 4.90 Å². The molecule has 0 saturated heterocycles. The first-order valence-electron chi connectivity index (χ1n) is 7.26. The second kappa shape index (κ2) is 7.42. The Morgan fingerprint density at radius 3 is 2.32 bits per heavy atom. The quantitative estimate of drug-likeness (QED) is 0.853. The molecule has 22 heavy (non-hydrogen) atoms. The standard InChI is InChI=1S/C17H22N2O2S/c1-15-8-6-7-9-16(15)14-22(20,21)18-12-13-19(2)17-10-4-3-5-11-17/h3-11,18H,12-14H2,1-2H3. The van der Waals surface area contributed by atoms with Gasteiger partial charge in [0.05, 0.1) is 5.75 Å². The lowest BCUT2D eigenvalue weighted by molar-refractivity contribution is 0.580. The molecule has 0 radical (unpaired) electrons. The summed E-state index contributed by atoms with van der Waals surface area (Å²) in [4.78, 5) is 2.02. The number of hydrogen-bond acceptors (Lipinski definition) is 3. The van der Waals surface area contributed by atoms with Gasteiger partial charge in [0, 0.05) is 25.8 Å². The molecular formula is C17H22N2O2S. The molecule has 118 valence electrons. The average molecular weight is 318 g/mol. The third-order valence-corrected chi connectivity index (χ3v) is 4.91. The minimum absolute atomic E-state index is 0.0225. The molecule has 0 fully saturated rings. The molecule has 2 aromatic carbocycles. The maximum absolute atomic E-state index is 12.1. The first-order valence-corrected chi connectivity index (χ1v) is 8.91. The summed E-state index contributed by atoms with van der Waals surface area (Å²) in [5.74, 6) is 0.0225. The van der Waals surface area contributed by atoms with Crippen LogP contribution in [0.4, 0.5) is 5.69 Å². The van der Waals surface area contributed by atoms with Gasteiger partial charge in [0.15, 0.2) is 0 Å². The Balaban J connectivity index is 1.87. The smallest absolute Gasteiger partial charge is 0.215 e. The minimum Gasteiger partial charge on any atom is -0.373 e. The van der Waals surface area contributed by atoms with Crippen LogP contribution in [0.15, 0.2) is 54.6 Å². The van der Waals surface area contributed by atoms with Crippen molar-refractivity contribution >= 4 is 15.7 Å². The van der Waals surface area contributed by atoms with Gasteiger partial charge in [-0.25, -0.2) is 13.1 Å². The van der Waals surface area contributed by atoms with Crippen molar-refractivity contribution in [1.82, 2.24) is 4.72 Å². The zero-order valence-corrected chi connectivity index (χ0v) is 13.8. The molecule has 0 unspecified atom stereocenters. The Labute approximate surface area is 132 Å². The second-order valence-corrected chi connectivity index (χ2v) is 7.14. The number of nitrogens with one attached hydrogen (secondary N) is 1. The molecule has 0 saturated carbocycles. The van der Waals surface area contributed by atoms with Gasteiger partial charge in [-0.2, -0.15) is 0 Å². The highest BCUT2D eigenvalue weighted by atomic mass is 32.2. The lowest BCUT2D eigenvalue weighted by Gasteiger charge is -2.19. The first kappa shape index (κ1) is 16.5. The lowest BCUT2D eigenvalue weighted by atomic mass is 10.1. The predicted molar refractivity (Wildman–Crippen MR) is 91.5 cm³/mol. The maximum Gasteiger partial charge on any atom is 0.215 e. The highest BCUT2D eigenvalue weighted by molar-refractivity contribution is 7.88. The third kappa shape index (κ3) is 4.86. The molecular weight excluding hydrogens is 296 g/mol. The molecule has 1 N–H and O–H groups in total. The molecule has 0 aromatic heterocycles. The molecule has 0 aliphatic rings. The van der Waals surface area contributed by atoms with E-state index < -0.39 is 10.0 Å². The zero-order valence-electron chi connectivity index (χ0n) is 13.0. The number of likely N-dealkylation sites (N-methyl/N-ethyl adjacent to an activating group) is 1. The molecule has 0 atom stereocenters. The first-order chi connectivity index (χ1) is 10.5. The van der Waals surface area contributed by atoms with Crippen molar-refractivity contribution in [2.24, 2.45) is 0 Å². The summed E-state index contributed by atoms with van der Waals surface area (Å²) in [6.07, 6.45) is 0.